The molecule has 0 saturated heterocycles. The molecule has 2 nitrogen and oxygen atoms in total. The average Bonchev–Trinajstić information content (AvgIpc) is 2.88. The van der Waals surface area contributed by atoms with Gasteiger partial charge in [-0.25, -0.2) is 0 Å². The Morgan fingerprint density at radius 2 is 1.54 bits per heavy atom. The molecule has 3 rings (SSSR count). The maximum atomic E-state index is 5.96. The van der Waals surface area contributed by atoms with Gasteiger partial charge in [0.1, 0.15) is 0 Å². The van der Waals surface area contributed by atoms with Crippen LogP contribution in [-0.2, 0) is 5.41 Å². The van der Waals surface area contributed by atoms with Crippen LogP contribution in [0.15, 0.2) is 54.7 Å². The molecule has 0 radical (unpaired) electrons. The molecule has 0 aliphatic heterocycles. The summed E-state index contributed by atoms with van der Waals surface area (Å²) in [6.45, 7) is 11.6. The predicted octanol–water partition coefficient (Wildman–Crippen LogP) is 5.93. The van der Waals surface area contributed by atoms with Crippen LogP contribution >= 0.6 is 0 Å². The minimum absolute atomic E-state index is 0.167. The lowest BCUT2D eigenvalue weighted by Crippen LogP contribution is -2.24. The molecular formula is C22H28N2. The second kappa shape index (κ2) is 5.70. The van der Waals surface area contributed by atoms with Crippen molar-refractivity contribution in [3.8, 4) is 5.69 Å². The maximum absolute atomic E-state index is 5.96. The number of nitrogens with two attached hydrogens (primary N) is 1. The number of nitrogens with zero attached hydrogens (tertiary/aromatic N) is 1. The van der Waals surface area contributed by atoms with Gasteiger partial charge >= 0.3 is 0 Å². The molecule has 0 aliphatic carbocycles. The van der Waals surface area contributed by atoms with Crippen LogP contribution in [0, 0.1) is 5.41 Å². The van der Waals surface area contributed by atoms with E-state index < -0.39 is 0 Å². The SMILES string of the molecule is CC(C)(C)CC(C)(C)c1ccc(-n2ccc3ccc(N)cc32)cc1. The molecule has 0 bridgehead atoms. The van der Waals surface area contributed by atoms with Gasteiger partial charge in [0, 0.05) is 23.0 Å². The molecule has 2 N–H and O–H groups in total. The number of nitrogen functional groups attached to an aromatic ring is 1. The van der Waals surface area contributed by atoms with Crippen LogP contribution in [0.1, 0.15) is 46.6 Å². The maximum Gasteiger partial charge on any atom is 0.0548 e. The first-order valence-electron chi connectivity index (χ1n) is 8.63. The Balaban J connectivity index is 1.95. The van der Waals surface area contributed by atoms with E-state index in [1.165, 1.54) is 16.6 Å². The minimum atomic E-state index is 0.167. The molecule has 0 amide bonds. The molecule has 0 aliphatic rings. The lowest BCUT2D eigenvalue weighted by molar-refractivity contribution is 0.284. The van der Waals surface area contributed by atoms with Gasteiger partial charge in [-0.15, -0.1) is 0 Å². The van der Waals surface area contributed by atoms with Crippen LogP contribution < -0.4 is 5.73 Å². The molecule has 2 heteroatoms. The number of aromatic nitrogens is 1. The molecule has 0 saturated carbocycles. The van der Waals surface area contributed by atoms with Crippen molar-refractivity contribution in [3.05, 3.63) is 60.3 Å². The van der Waals surface area contributed by atoms with Crippen molar-refractivity contribution < 1.29 is 0 Å². The molecule has 0 fully saturated rings. The average molecular weight is 320 g/mol. The zero-order valence-corrected chi connectivity index (χ0v) is 15.4. The Morgan fingerprint density at radius 1 is 0.875 bits per heavy atom. The van der Waals surface area contributed by atoms with Crippen molar-refractivity contribution in [1.29, 1.82) is 0 Å². The molecule has 2 aromatic carbocycles. The van der Waals surface area contributed by atoms with E-state index in [4.69, 9.17) is 5.73 Å². The fourth-order valence-corrected chi connectivity index (χ4v) is 3.87. The van der Waals surface area contributed by atoms with Crippen molar-refractivity contribution in [1.82, 2.24) is 4.57 Å². The van der Waals surface area contributed by atoms with Gasteiger partial charge in [0.05, 0.1) is 5.52 Å². The standard InChI is InChI=1S/C22H28N2/c1-21(2,3)15-22(4,5)17-7-10-19(11-8-17)24-13-12-16-6-9-18(23)14-20(16)24/h6-14H,15,23H2,1-5H3. The summed E-state index contributed by atoms with van der Waals surface area (Å²) in [6, 6.07) is 17.1. The Bertz CT molecular complexity index is 846. The lowest BCUT2D eigenvalue weighted by atomic mass is 9.72. The van der Waals surface area contributed by atoms with E-state index in [1.807, 2.05) is 12.1 Å². The fourth-order valence-electron chi connectivity index (χ4n) is 3.87. The van der Waals surface area contributed by atoms with Crippen molar-refractivity contribution in [3.63, 3.8) is 0 Å². The topological polar surface area (TPSA) is 30.9 Å². The quantitative estimate of drug-likeness (QED) is 0.596. The number of fused-ring (bicyclic) bond motifs is 1. The summed E-state index contributed by atoms with van der Waals surface area (Å²) in [5, 5.41) is 1.21. The highest BCUT2D eigenvalue weighted by Gasteiger charge is 2.27. The number of anilines is 1. The number of hydrogen-bond donors (Lipinski definition) is 1. The fraction of sp³-hybridized carbons (Fsp3) is 0.364. The number of hydrogen-bond acceptors (Lipinski definition) is 1. The highest BCUT2D eigenvalue weighted by atomic mass is 15.0. The smallest absolute Gasteiger partial charge is 0.0548 e. The van der Waals surface area contributed by atoms with Crippen LogP contribution in [0.5, 0.6) is 0 Å². The van der Waals surface area contributed by atoms with E-state index in [-0.39, 0.29) is 5.41 Å². The molecule has 126 valence electrons. The highest BCUT2D eigenvalue weighted by Crippen LogP contribution is 2.36. The van der Waals surface area contributed by atoms with Crippen LogP contribution in [0.4, 0.5) is 5.69 Å². The Hall–Kier alpha value is -2.22. The van der Waals surface area contributed by atoms with Gasteiger partial charge in [-0.2, -0.15) is 0 Å². The predicted molar refractivity (Wildman–Crippen MR) is 105 cm³/mol. The van der Waals surface area contributed by atoms with Gasteiger partial charge < -0.3 is 10.3 Å². The van der Waals surface area contributed by atoms with Crippen molar-refractivity contribution in [2.24, 2.45) is 5.41 Å². The first-order valence-corrected chi connectivity index (χ1v) is 8.63. The molecule has 0 atom stereocenters. The summed E-state index contributed by atoms with van der Waals surface area (Å²) in [4.78, 5) is 0. The first kappa shape index (κ1) is 16.6. The molecular weight excluding hydrogens is 292 g/mol. The van der Waals surface area contributed by atoms with E-state index >= 15 is 0 Å². The lowest BCUT2D eigenvalue weighted by Gasteiger charge is -2.33. The molecule has 0 unspecified atom stereocenters. The summed E-state index contributed by atoms with van der Waals surface area (Å²) in [5.41, 5.74) is 10.9. The first-order chi connectivity index (χ1) is 11.2. The third-order valence-corrected chi connectivity index (χ3v) is 4.62. The van der Waals surface area contributed by atoms with Gasteiger partial charge in [-0.1, -0.05) is 52.8 Å². The Kier molecular flexibility index (Phi) is 3.95. The second-order valence-corrected chi connectivity index (χ2v) is 8.67. The van der Waals surface area contributed by atoms with Gasteiger partial charge in [-0.3, -0.25) is 0 Å². The minimum Gasteiger partial charge on any atom is -0.399 e. The normalized spacial score (nSPS) is 12.7. The van der Waals surface area contributed by atoms with Crippen LogP contribution in [-0.4, -0.2) is 4.57 Å². The third kappa shape index (κ3) is 3.33. The van der Waals surface area contributed by atoms with Crippen LogP contribution in [0.25, 0.3) is 16.6 Å². The van der Waals surface area contributed by atoms with E-state index in [0.717, 1.165) is 17.6 Å². The summed E-state index contributed by atoms with van der Waals surface area (Å²) in [5.74, 6) is 0. The number of rotatable bonds is 3. The monoisotopic (exact) mass is 320 g/mol. The summed E-state index contributed by atoms with van der Waals surface area (Å²) in [7, 11) is 0. The van der Waals surface area contributed by atoms with Crippen molar-refractivity contribution in [2.45, 2.75) is 46.5 Å². The van der Waals surface area contributed by atoms with E-state index in [2.05, 4.69) is 81.8 Å². The summed E-state index contributed by atoms with van der Waals surface area (Å²) < 4.78 is 2.20. The molecule has 1 aromatic heterocycles. The number of benzene rings is 2. The van der Waals surface area contributed by atoms with E-state index in [9.17, 15) is 0 Å². The highest BCUT2D eigenvalue weighted by molar-refractivity contribution is 5.84. The third-order valence-electron chi connectivity index (χ3n) is 4.62. The van der Waals surface area contributed by atoms with Gasteiger partial charge in [-0.05, 0) is 53.1 Å². The van der Waals surface area contributed by atoms with Crippen LogP contribution in [0.3, 0.4) is 0 Å². The molecule has 3 aromatic rings. The molecule has 0 spiro atoms. The van der Waals surface area contributed by atoms with Gasteiger partial charge in [0.25, 0.3) is 0 Å². The van der Waals surface area contributed by atoms with Crippen molar-refractivity contribution >= 4 is 16.6 Å². The summed E-state index contributed by atoms with van der Waals surface area (Å²) in [6.07, 6.45) is 3.27. The van der Waals surface area contributed by atoms with E-state index in [1.54, 1.807) is 0 Å². The summed E-state index contributed by atoms with van der Waals surface area (Å²) >= 11 is 0. The van der Waals surface area contributed by atoms with Crippen molar-refractivity contribution in [2.75, 3.05) is 5.73 Å². The Morgan fingerprint density at radius 3 is 2.17 bits per heavy atom. The Labute approximate surface area is 145 Å². The van der Waals surface area contributed by atoms with Gasteiger partial charge in [0.2, 0.25) is 0 Å². The molecule has 1 heterocycles. The largest absolute Gasteiger partial charge is 0.399 e. The zero-order chi connectivity index (χ0) is 17.5. The van der Waals surface area contributed by atoms with Crippen LogP contribution in [0.2, 0.25) is 0 Å². The van der Waals surface area contributed by atoms with E-state index in [0.29, 0.717) is 5.41 Å². The zero-order valence-electron chi connectivity index (χ0n) is 15.4. The van der Waals surface area contributed by atoms with Gasteiger partial charge in [0.15, 0.2) is 0 Å². The second-order valence-electron chi connectivity index (χ2n) is 8.67. The molecule has 24 heavy (non-hydrogen) atoms.